The summed E-state index contributed by atoms with van der Waals surface area (Å²) in [5.74, 6) is -0.177. The predicted octanol–water partition coefficient (Wildman–Crippen LogP) is 0.434. The maximum atomic E-state index is 11.4. The fraction of sp³-hybridized carbons (Fsp3) is 0.444. The molecule has 72 valence electrons. The van der Waals surface area contributed by atoms with Crippen LogP contribution in [0.25, 0.3) is 0 Å². The molecule has 0 aliphatic carbocycles. The topological polar surface area (TPSA) is 65.1 Å². The lowest BCUT2D eigenvalue weighted by Gasteiger charge is -2.09. The van der Waals surface area contributed by atoms with Crippen LogP contribution in [0.2, 0.25) is 0 Å². The summed E-state index contributed by atoms with van der Waals surface area (Å²) in [6.07, 6.45) is 1.72. The number of nitrogens with one attached hydrogen (secondary N) is 2. The lowest BCUT2D eigenvalue weighted by atomic mass is 10.2. The van der Waals surface area contributed by atoms with Gasteiger partial charge in [0.25, 0.3) is 5.91 Å². The monoisotopic (exact) mass is 182 g/mol. The smallest absolute Gasteiger partial charge is 0.268 e. The summed E-state index contributed by atoms with van der Waals surface area (Å²) < 4.78 is 0. The molecule has 0 bridgehead atoms. The summed E-state index contributed by atoms with van der Waals surface area (Å²) in [6.45, 7) is 3.55. The fourth-order valence-corrected chi connectivity index (χ4v) is 1.03. The van der Waals surface area contributed by atoms with E-state index in [1.54, 1.807) is 13.1 Å². The lowest BCUT2D eigenvalue weighted by molar-refractivity contribution is 0.0917. The Labute approximate surface area is 77.0 Å². The van der Waals surface area contributed by atoms with Gasteiger partial charge in [-0.05, 0) is 25.5 Å². The van der Waals surface area contributed by atoms with Crippen LogP contribution in [0.4, 0.5) is 0 Å². The van der Waals surface area contributed by atoms with Crippen molar-refractivity contribution in [2.24, 2.45) is 0 Å². The first-order chi connectivity index (χ1) is 6.15. The first kappa shape index (κ1) is 9.80. The highest BCUT2D eigenvalue weighted by molar-refractivity contribution is 5.93. The van der Waals surface area contributed by atoms with E-state index in [0.29, 0.717) is 5.69 Å². The number of carbonyl (C=O) groups excluding carboxylic acids is 1. The molecule has 0 aliphatic rings. The Balaban J connectivity index is 2.64. The zero-order chi connectivity index (χ0) is 9.84. The number of H-pyrrole nitrogens is 1. The molecule has 1 aromatic heterocycles. The molecule has 0 aromatic carbocycles. The summed E-state index contributed by atoms with van der Waals surface area (Å²) >= 11 is 0. The molecule has 0 spiro atoms. The van der Waals surface area contributed by atoms with Gasteiger partial charge in [-0.15, -0.1) is 0 Å². The van der Waals surface area contributed by atoms with Crippen molar-refractivity contribution in [1.29, 1.82) is 0 Å². The molecule has 4 heteroatoms. The van der Waals surface area contributed by atoms with Crippen LogP contribution >= 0.6 is 0 Å². The zero-order valence-corrected chi connectivity index (χ0v) is 7.79. The quantitative estimate of drug-likeness (QED) is 0.634. The van der Waals surface area contributed by atoms with Gasteiger partial charge in [0, 0.05) is 12.2 Å². The first-order valence-electron chi connectivity index (χ1n) is 4.21. The van der Waals surface area contributed by atoms with E-state index in [0.717, 1.165) is 5.56 Å². The van der Waals surface area contributed by atoms with Crippen LogP contribution in [-0.2, 0) is 0 Å². The van der Waals surface area contributed by atoms with E-state index >= 15 is 0 Å². The molecular formula is C9H14N2O2. The van der Waals surface area contributed by atoms with Gasteiger partial charge in [0.1, 0.15) is 5.69 Å². The van der Waals surface area contributed by atoms with Crippen molar-refractivity contribution in [2.45, 2.75) is 19.9 Å². The van der Waals surface area contributed by atoms with Crippen molar-refractivity contribution in [3.8, 4) is 0 Å². The molecular weight excluding hydrogens is 168 g/mol. The summed E-state index contributed by atoms with van der Waals surface area (Å²) in [5.41, 5.74) is 1.46. The number of hydrogen-bond acceptors (Lipinski definition) is 2. The van der Waals surface area contributed by atoms with Crippen molar-refractivity contribution in [3.05, 3.63) is 23.5 Å². The van der Waals surface area contributed by atoms with Gasteiger partial charge in [0.05, 0.1) is 6.61 Å². The molecule has 0 radical (unpaired) electrons. The lowest BCUT2D eigenvalue weighted by Crippen LogP contribution is -2.35. The van der Waals surface area contributed by atoms with Gasteiger partial charge in [0.15, 0.2) is 0 Å². The number of aryl methyl sites for hydroxylation is 1. The summed E-state index contributed by atoms with van der Waals surface area (Å²) in [7, 11) is 0. The Morgan fingerprint density at radius 2 is 2.46 bits per heavy atom. The predicted molar refractivity (Wildman–Crippen MR) is 49.5 cm³/mol. The minimum Gasteiger partial charge on any atom is -0.394 e. The molecule has 1 heterocycles. The third kappa shape index (κ3) is 2.32. The largest absolute Gasteiger partial charge is 0.394 e. The number of carbonyl (C=O) groups is 1. The normalized spacial score (nSPS) is 12.5. The van der Waals surface area contributed by atoms with Crippen molar-refractivity contribution in [1.82, 2.24) is 10.3 Å². The van der Waals surface area contributed by atoms with E-state index in [9.17, 15) is 4.79 Å². The number of aromatic nitrogens is 1. The minimum absolute atomic E-state index is 0.0501. The average Bonchev–Trinajstić information content (AvgIpc) is 2.51. The third-order valence-corrected chi connectivity index (χ3v) is 1.83. The van der Waals surface area contributed by atoms with Crippen molar-refractivity contribution >= 4 is 5.91 Å². The number of amides is 1. The third-order valence-electron chi connectivity index (χ3n) is 1.83. The Morgan fingerprint density at radius 3 is 2.92 bits per heavy atom. The molecule has 0 fully saturated rings. The van der Waals surface area contributed by atoms with E-state index < -0.39 is 0 Å². The first-order valence-corrected chi connectivity index (χ1v) is 4.21. The second kappa shape index (κ2) is 4.09. The second-order valence-corrected chi connectivity index (χ2v) is 3.09. The van der Waals surface area contributed by atoms with Crippen LogP contribution in [-0.4, -0.2) is 28.6 Å². The van der Waals surface area contributed by atoms with Crippen LogP contribution in [0.15, 0.2) is 12.3 Å². The number of aliphatic hydroxyl groups is 1. The highest BCUT2D eigenvalue weighted by atomic mass is 16.3. The van der Waals surface area contributed by atoms with E-state index in [1.807, 2.05) is 13.0 Å². The average molecular weight is 182 g/mol. The zero-order valence-electron chi connectivity index (χ0n) is 7.79. The maximum Gasteiger partial charge on any atom is 0.268 e. The molecule has 1 rings (SSSR count). The summed E-state index contributed by atoms with van der Waals surface area (Å²) in [6, 6.07) is 1.62. The molecule has 0 saturated heterocycles. The molecule has 13 heavy (non-hydrogen) atoms. The molecule has 0 aliphatic heterocycles. The van der Waals surface area contributed by atoms with Crippen molar-refractivity contribution in [3.63, 3.8) is 0 Å². The molecule has 1 unspecified atom stereocenters. The Kier molecular flexibility index (Phi) is 3.08. The summed E-state index contributed by atoms with van der Waals surface area (Å²) in [4.78, 5) is 14.3. The van der Waals surface area contributed by atoms with Crippen LogP contribution in [0, 0.1) is 6.92 Å². The standard InChI is InChI=1S/C9H14N2O2/c1-6-3-4-10-8(6)9(13)11-7(2)5-12/h3-4,7,10,12H,5H2,1-2H3,(H,11,13). The van der Waals surface area contributed by atoms with Crippen LogP contribution in [0.5, 0.6) is 0 Å². The van der Waals surface area contributed by atoms with E-state index in [1.165, 1.54) is 0 Å². The van der Waals surface area contributed by atoms with E-state index in [2.05, 4.69) is 10.3 Å². The van der Waals surface area contributed by atoms with E-state index in [4.69, 9.17) is 5.11 Å². The van der Waals surface area contributed by atoms with Crippen LogP contribution in [0.1, 0.15) is 23.0 Å². The molecule has 1 amide bonds. The van der Waals surface area contributed by atoms with Gasteiger partial charge in [-0.1, -0.05) is 0 Å². The van der Waals surface area contributed by atoms with Crippen molar-refractivity contribution in [2.75, 3.05) is 6.61 Å². The molecule has 4 nitrogen and oxygen atoms in total. The van der Waals surface area contributed by atoms with Crippen LogP contribution in [0.3, 0.4) is 0 Å². The Bertz CT molecular complexity index is 294. The van der Waals surface area contributed by atoms with Gasteiger partial charge in [-0.3, -0.25) is 4.79 Å². The second-order valence-electron chi connectivity index (χ2n) is 3.09. The molecule has 1 atom stereocenters. The van der Waals surface area contributed by atoms with Crippen molar-refractivity contribution < 1.29 is 9.90 Å². The maximum absolute atomic E-state index is 11.4. The highest BCUT2D eigenvalue weighted by Crippen LogP contribution is 2.03. The fourth-order valence-electron chi connectivity index (χ4n) is 1.03. The van der Waals surface area contributed by atoms with Gasteiger partial charge in [-0.2, -0.15) is 0 Å². The minimum atomic E-state index is -0.213. The molecule has 3 N–H and O–H groups in total. The Morgan fingerprint density at radius 1 is 1.77 bits per heavy atom. The summed E-state index contributed by atoms with van der Waals surface area (Å²) in [5, 5.41) is 11.4. The van der Waals surface area contributed by atoms with Gasteiger partial charge in [0.2, 0.25) is 0 Å². The number of rotatable bonds is 3. The van der Waals surface area contributed by atoms with Gasteiger partial charge in [-0.25, -0.2) is 0 Å². The highest BCUT2D eigenvalue weighted by Gasteiger charge is 2.11. The Hall–Kier alpha value is -1.29. The molecule has 1 aromatic rings. The van der Waals surface area contributed by atoms with E-state index in [-0.39, 0.29) is 18.6 Å². The number of aliphatic hydroxyl groups excluding tert-OH is 1. The molecule has 0 saturated carbocycles. The SMILES string of the molecule is Cc1cc[nH]c1C(=O)NC(C)CO. The van der Waals surface area contributed by atoms with Crippen LogP contribution < -0.4 is 5.32 Å². The van der Waals surface area contributed by atoms with Gasteiger partial charge < -0.3 is 15.4 Å². The number of aromatic amines is 1. The number of hydrogen-bond donors (Lipinski definition) is 3. The van der Waals surface area contributed by atoms with Gasteiger partial charge >= 0.3 is 0 Å².